The van der Waals surface area contributed by atoms with Crippen molar-refractivity contribution in [3.8, 4) is 0 Å². The minimum atomic E-state index is -1.28. The summed E-state index contributed by atoms with van der Waals surface area (Å²) in [5.41, 5.74) is -0.321. The molecule has 0 saturated carbocycles. The summed E-state index contributed by atoms with van der Waals surface area (Å²) >= 11 is 0. The molecule has 0 spiro atoms. The maximum Gasteiger partial charge on any atom is 0.187 e. The lowest BCUT2D eigenvalue weighted by Gasteiger charge is -2.49. The first kappa shape index (κ1) is 19.1. The normalized spacial score (nSPS) is 29.3. The number of benzene rings is 1. The van der Waals surface area contributed by atoms with Gasteiger partial charge in [-0.25, -0.2) is 0 Å². The minimum absolute atomic E-state index is 0.198. The predicted molar refractivity (Wildman–Crippen MR) is 88.1 cm³/mol. The maximum atomic E-state index is 10.7. The molecule has 2 rings (SSSR count). The first-order valence-corrected chi connectivity index (χ1v) is 8.03. The number of hydrogen-bond acceptors (Lipinski definition) is 6. The molecule has 0 amide bonds. The molecule has 134 valence electrons. The van der Waals surface area contributed by atoms with Gasteiger partial charge in [-0.2, -0.15) is 0 Å². The van der Waals surface area contributed by atoms with Crippen molar-refractivity contribution in [2.24, 2.45) is 5.92 Å². The summed E-state index contributed by atoms with van der Waals surface area (Å²) in [4.78, 5) is 0. The van der Waals surface area contributed by atoms with Crippen molar-refractivity contribution in [3.63, 3.8) is 0 Å². The van der Waals surface area contributed by atoms with Gasteiger partial charge in [0.1, 0.15) is 11.7 Å². The molecular weight excluding hydrogens is 312 g/mol. The topological polar surface area (TPSA) is 88.4 Å². The number of hydrogen-bond donors (Lipinski definition) is 3. The molecule has 24 heavy (non-hydrogen) atoms. The van der Waals surface area contributed by atoms with Gasteiger partial charge in [0, 0.05) is 5.92 Å². The Morgan fingerprint density at radius 2 is 1.88 bits per heavy atom. The predicted octanol–water partition coefficient (Wildman–Crippen LogP) is 0.851. The van der Waals surface area contributed by atoms with E-state index in [2.05, 4.69) is 6.58 Å². The number of rotatable bonds is 8. The van der Waals surface area contributed by atoms with Crippen LogP contribution in [0.4, 0.5) is 0 Å². The standard InChI is InChI=1S/C18H26O6/c1-3-9-22-17-16(23-10-14-7-5-4-6-8-14)15(21)13(2)18(11-19,12-20)24-17/h3-8,13,15-17,19-21H,1,9-12H2,2H3/t13-,15-,16+,17?/m0/s1. The van der Waals surface area contributed by atoms with Crippen LogP contribution in [0.3, 0.4) is 0 Å². The van der Waals surface area contributed by atoms with Gasteiger partial charge in [-0.3, -0.25) is 0 Å². The SMILES string of the molecule is C=CCOC1OC(CO)(CO)[C@@H](C)[C@H](O)[C@H]1OCc1ccccc1. The average Bonchev–Trinajstić information content (AvgIpc) is 2.63. The first-order chi connectivity index (χ1) is 11.6. The quantitative estimate of drug-likeness (QED) is 0.609. The Kier molecular flexibility index (Phi) is 6.91. The van der Waals surface area contributed by atoms with Gasteiger partial charge >= 0.3 is 0 Å². The molecule has 0 aromatic heterocycles. The molecule has 0 radical (unpaired) electrons. The van der Waals surface area contributed by atoms with Crippen molar-refractivity contribution in [2.75, 3.05) is 19.8 Å². The van der Waals surface area contributed by atoms with Gasteiger partial charge in [-0.15, -0.1) is 6.58 Å². The van der Waals surface area contributed by atoms with E-state index in [0.717, 1.165) is 5.56 Å². The molecule has 6 nitrogen and oxygen atoms in total. The summed E-state index contributed by atoms with van der Waals surface area (Å²) in [7, 11) is 0. The van der Waals surface area contributed by atoms with Crippen LogP contribution in [0, 0.1) is 5.92 Å². The van der Waals surface area contributed by atoms with Crippen LogP contribution < -0.4 is 0 Å². The molecule has 1 unspecified atom stereocenters. The third-order valence-electron chi connectivity index (χ3n) is 4.50. The molecule has 1 saturated heterocycles. The second-order valence-corrected chi connectivity index (χ2v) is 6.03. The molecular formula is C18H26O6. The van der Waals surface area contributed by atoms with Crippen molar-refractivity contribution >= 4 is 0 Å². The average molecular weight is 338 g/mol. The minimum Gasteiger partial charge on any atom is -0.393 e. The fourth-order valence-corrected chi connectivity index (χ4v) is 2.81. The zero-order chi connectivity index (χ0) is 17.6. The Labute approximate surface area is 142 Å². The fourth-order valence-electron chi connectivity index (χ4n) is 2.81. The van der Waals surface area contributed by atoms with Gasteiger partial charge in [-0.1, -0.05) is 43.3 Å². The largest absolute Gasteiger partial charge is 0.393 e. The molecule has 1 aromatic rings. The van der Waals surface area contributed by atoms with E-state index in [1.54, 1.807) is 13.0 Å². The number of aliphatic hydroxyl groups is 3. The molecule has 4 atom stereocenters. The van der Waals surface area contributed by atoms with Crippen LogP contribution >= 0.6 is 0 Å². The van der Waals surface area contributed by atoms with Crippen LogP contribution in [-0.4, -0.2) is 59.2 Å². The smallest absolute Gasteiger partial charge is 0.187 e. The highest BCUT2D eigenvalue weighted by Crippen LogP contribution is 2.36. The van der Waals surface area contributed by atoms with E-state index in [4.69, 9.17) is 14.2 Å². The third kappa shape index (κ3) is 4.03. The van der Waals surface area contributed by atoms with Crippen LogP contribution in [-0.2, 0) is 20.8 Å². The molecule has 1 heterocycles. The zero-order valence-corrected chi connectivity index (χ0v) is 13.9. The van der Waals surface area contributed by atoms with E-state index in [0.29, 0.717) is 0 Å². The van der Waals surface area contributed by atoms with Crippen molar-refractivity contribution in [1.82, 2.24) is 0 Å². The van der Waals surface area contributed by atoms with E-state index in [9.17, 15) is 15.3 Å². The molecule has 3 N–H and O–H groups in total. The van der Waals surface area contributed by atoms with Gasteiger partial charge in [0.2, 0.25) is 0 Å². The van der Waals surface area contributed by atoms with Crippen molar-refractivity contribution < 1.29 is 29.5 Å². The summed E-state index contributed by atoms with van der Waals surface area (Å²) in [6.07, 6.45) is -1.07. The van der Waals surface area contributed by atoms with Crippen LogP contribution in [0.15, 0.2) is 43.0 Å². The van der Waals surface area contributed by atoms with E-state index in [1.165, 1.54) is 0 Å². The summed E-state index contributed by atoms with van der Waals surface area (Å²) in [6, 6.07) is 9.57. The van der Waals surface area contributed by atoms with Gasteiger partial charge < -0.3 is 29.5 Å². The van der Waals surface area contributed by atoms with Crippen LogP contribution in [0.5, 0.6) is 0 Å². The first-order valence-electron chi connectivity index (χ1n) is 8.03. The second kappa shape index (κ2) is 8.71. The maximum absolute atomic E-state index is 10.7. The molecule has 6 heteroatoms. The monoisotopic (exact) mass is 338 g/mol. The lowest BCUT2D eigenvalue weighted by molar-refractivity contribution is -0.337. The zero-order valence-electron chi connectivity index (χ0n) is 13.9. The van der Waals surface area contributed by atoms with Gasteiger partial charge in [0.25, 0.3) is 0 Å². The molecule has 1 aliphatic rings. The number of aliphatic hydroxyl groups excluding tert-OH is 3. The van der Waals surface area contributed by atoms with E-state index in [-0.39, 0.29) is 13.2 Å². The third-order valence-corrected chi connectivity index (χ3v) is 4.50. The van der Waals surface area contributed by atoms with E-state index < -0.39 is 43.2 Å². The fraction of sp³-hybridized carbons (Fsp3) is 0.556. The number of ether oxygens (including phenoxy) is 3. The van der Waals surface area contributed by atoms with Crippen LogP contribution in [0.25, 0.3) is 0 Å². The Morgan fingerprint density at radius 3 is 2.46 bits per heavy atom. The van der Waals surface area contributed by atoms with Gasteiger partial charge in [0.15, 0.2) is 6.29 Å². The highest BCUT2D eigenvalue weighted by Gasteiger charge is 2.52. The van der Waals surface area contributed by atoms with Crippen molar-refractivity contribution in [2.45, 2.75) is 37.6 Å². The Morgan fingerprint density at radius 1 is 1.21 bits per heavy atom. The molecule has 0 bridgehead atoms. The lowest BCUT2D eigenvalue weighted by atomic mass is 9.80. The lowest BCUT2D eigenvalue weighted by Crippen LogP contribution is -2.64. The summed E-state index contributed by atoms with van der Waals surface area (Å²) in [5, 5.41) is 30.0. The van der Waals surface area contributed by atoms with Gasteiger partial charge in [-0.05, 0) is 5.56 Å². The summed E-state index contributed by atoms with van der Waals surface area (Å²) in [5.74, 6) is -0.531. The summed E-state index contributed by atoms with van der Waals surface area (Å²) in [6.45, 7) is 4.93. The Hall–Kier alpha value is -1.28. The van der Waals surface area contributed by atoms with Crippen LogP contribution in [0.1, 0.15) is 12.5 Å². The van der Waals surface area contributed by atoms with Crippen LogP contribution in [0.2, 0.25) is 0 Å². The molecule has 1 fully saturated rings. The second-order valence-electron chi connectivity index (χ2n) is 6.03. The summed E-state index contributed by atoms with van der Waals surface area (Å²) < 4.78 is 17.2. The Balaban J connectivity index is 2.14. The highest BCUT2D eigenvalue weighted by molar-refractivity contribution is 5.13. The van der Waals surface area contributed by atoms with Gasteiger partial charge in [0.05, 0.1) is 32.5 Å². The molecule has 0 aliphatic carbocycles. The van der Waals surface area contributed by atoms with E-state index >= 15 is 0 Å². The highest BCUT2D eigenvalue weighted by atomic mass is 16.7. The van der Waals surface area contributed by atoms with E-state index in [1.807, 2.05) is 30.3 Å². The van der Waals surface area contributed by atoms with Crippen molar-refractivity contribution in [1.29, 1.82) is 0 Å². The molecule has 1 aliphatic heterocycles. The molecule has 1 aromatic carbocycles. The van der Waals surface area contributed by atoms with Crippen molar-refractivity contribution in [3.05, 3.63) is 48.6 Å². The Bertz CT molecular complexity index is 501.